The number of anilines is 3. The molecule has 0 spiro atoms. The van der Waals surface area contributed by atoms with Crippen LogP contribution in [0, 0.1) is 0 Å². The smallest absolute Gasteiger partial charge is 0.143 e. The first-order chi connectivity index (χ1) is 32.2. The summed E-state index contributed by atoms with van der Waals surface area (Å²) in [6.07, 6.45) is 0. The number of hydrogen-bond donors (Lipinski definition) is 0. The van der Waals surface area contributed by atoms with Crippen molar-refractivity contribution in [2.24, 2.45) is 0 Å². The molecular formula is C63H41NO. The van der Waals surface area contributed by atoms with Crippen molar-refractivity contribution in [3.8, 4) is 33.4 Å². The number of benzene rings is 11. The highest BCUT2D eigenvalue weighted by Gasteiger charge is 2.47. The van der Waals surface area contributed by atoms with Gasteiger partial charge in [0, 0.05) is 33.0 Å². The first-order valence-corrected chi connectivity index (χ1v) is 22.4. The Kier molecular flexibility index (Phi) is 8.47. The van der Waals surface area contributed by atoms with Gasteiger partial charge in [0.1, 0.15) is 11.2 Å². The van der Waals surface area contributed by atoms with Crippen molar-refractivity contribution in [1.29, 1.82) is 0 Å². The van der Waals surface area contributed by atoms with Gasteiger partial charge < -0.3 is 9.32 Å². The number of rotatable bonds is 7. The third kappa shape index (κ3) is 5.74. The van der Waals surface area contributed by atoms with Gasteiger partial charge in [-0.05, 0) is 109 Å². The molecule has 2 nitrogen and oxygen atoms in total. The summed E-state index contributed by atoms with van der Waals surface area (Å²) in [6.45, 7) is 0. The summed E-state index contributed by atoms with van der Waals surface area (Å²) in [7, 11) is 0. The van der Waals surface area contributed by atoms with Gasteiger partial charge in [-0.2, -0.15) is 0 Å². The van der Waals surface area contributed by atoms with Gasteiger partial charge in [-0.25, -0.2) is 0 Å². The molecule has 13 rings (SSSR count). The Morgan fingerprint density at radius 3 is 1.78 bits per heavy atom. The number of para-hydroxylation sites is 1. The molecule has 0 fully saturated rings. The fraction of sp³-hybridized carbons (Fsp3) is 0.0159. The predicted octanol–water partition coefficient (Wildman–Crippen LogP) is 17.1. The van der Waals surface area contributed by atoms with Gasteiger partial charge in [-0.15, -0.1) is 0 Å². The quantitative estimate of drug-likeness (QED) is 0.159. The molecule has 65 heavy (non-hydrogen) atoms. The Hall–Kier alpha value is -8.46. The zero-order valence-corrected chi connectivity index (χ0v) is 35.5. The van der Waals surface area contributed by atoms with Crippen LogP contribution in [-0.4, -0.2) is 0 Å². The van der Waals surface area contributed by atoms with Crippen molar-refractivity contribution in [1.82, 2.24) is 0 Å². The van der Waals surface area contributed by atoms with Crippen LogP contribution in [0.2, 0.25) is 0 Å². The average Bonchev–Trinajstić information content (AvgIpc) is 3.91. The SMILES string of the molecule is c1ccc(C2(c3ccccc3)c3ccccc3-c3c(N(c4cccc(-c5ccc6ccccc6c5)c4)c4ccccc4-c4ccc5oc6c7ccccc7ccc6c5c4)cccc32)cc1. The van der Waals surface area contributed by atoms with E-state index in [0.29, 0.717) is 0 Å². The highest BCUT2D eigenvalue weighted by atomic mass is 16.3. The molecule has 1 heterocycles. The molecule has 1 aliphatic rings. The highest BCUT2D eigenvalue weighted by molar-refractivity contribution is 6.16. The molecule has 0 saturated carbocycles. The maximum absolute atomic E-state index is 6.62. The van der Waals surface area contributed by atoms with Crippen LogP contribution in [0.4, 0.5) is 17.1 Å². The Labute approximate surface area is 377 Å². The van der Waals surface area contributed by atoms with Crippen LogP contribution in [0.5, 0.6) is 0 Å². The second kappa shape index (κ2) is 14.8. The Morgan fingerprint density at radius 2 is 0.954 bits per heavy atom. The lowest BCUT2D eigenvalue weighted by atomic mass is 9.68. The fourth-order valence-corrected chi connectivity index (χ4v) is 10.8. The first kappa shape index (κ1) is 37.1. The van der Waals surface area contributed by atoms with E-state index < -0.39 is 5.41 Å². The van der Waals surface area contributed by atoms with Crippen LogP contribution in [-0.2, 0) is 5.41 Å². The lowest BCUT2D eigenvalue weighted by Gasteiger charge is -2.34. The third-order valence-electron chi connectivity index (χ3n) is 13.7. The monoisotopic (exact) mass is 827 g/mol. The summed E-state index contributed by atoms with van der Waals surface area (Å²) in [5.74, 6) is 0. The summed E-state index contributed by atoms with van der Waals surface area (Å²) in [6, 6.07) is 91.0. The molecule has 0 atom stereocenters. The minimum Gasteiger partial charge on any atom is -0.455 e. The van der Waals surface area contributed by atoms with E-state index >= 15 is 0 Å². The van der Waals surface area contributed by atoms with Crippen LogP contribution in [0.15, 0.2) is 253 Å². The Morgan fingerprint density at radius 1 is 0.338 bits per heavy atom. The predicted molar refractivity (Wildman–Crippen MR) is 272 cm³/mol. The third-order valence-corrected chi connectivity index (χ3v) is 13.7. The molecule has 0 aliphatic heterocycles. The average molecular weight is 828 g/mol. The lowest BCUT2D eigenvalue weighted by Crippen LogP contribution is -2.28. The molecule has 12 aromatic rings. The summed E-state index contributed by atoms with van der Waals surface area (Å²) in [5, 5.41) is 6.98. The minimum atomic E-state index is -0.542. The van der Waals surface area contributed by atoms with Crippen LogP contribution < -0.4 is 4.90 Å². The van der Waals surface area contributed by atoms with E-state index in [4.69, 9.17) is 4.42 Å². The van der Waals surface area contributed by atoms with Gasteiger partial charge in [0.15, 0.2) is 0 Å². The molecule has 0 radical (unpaired) electrons. The van der Waals surface area contributed by atoms with Gasteiger partial charge in [0.25, 0.3) is 0 Å². The molecule has 0 saturated heterocycles. The fourth-order valence-electron chi connectivity index (χ4n) is 10.8. The van der Waals surface area contributed by atoms with Crippen LogP contribution in [0.25, 0.3) is 76.9 Å². The molecular weight excluding hydrogens is 787 g/mol. The van der Waals surface area contributed by atoms with E-state index in [1.807, 2.05) is 0 Å². The molecule has 0 N–H and O–H groups in total. The zero-order chi connectivity index (χ0) is 42.9. The largest absolute Gasteiger partial charge is 0.455 e. The maximum Gasteiger partial charge on any atom is 0.143 e. The Bertz CT molecular complexity index is 3750. The van der Waals surface area contributed by atoms with Crippen LogP contribution >= 0.6 is 0 Å². The van der Waals surface area contributed by atoms with E-state index in [2.05, 4.69) is 254 Å². The summed E-state index contributed by atoms with van der Waals surface area (Å²) >= 11 is 0. The van der Waals surface area contributed by atoms with E-state index in [9.17, 15) is 0 Å². The van der Waals surface area contributed by atoms with Crippen molar-refractivity contribution in [2.75, 3.05) is 4.90 Å². The molecule has 0 bridgehead atoms. The molecule has 304 valence electrons. The molecule has 11 aromatic carbocycles. The summed E-state index contributed by atoms with van der Waals surface area (Å²) in [4.78, 5) is 2.51. The van der Waals surface area contributed by atoms with Crippen molar-refractivity contribution in [2.45, 2.75) is 5.41 Å². The van der Waals surface area contributed by atoms with Crippen molar-refractivity contribution >= 4 is 60.5 Å². The van der Waals surface area contributed by atoms with Gasteiger partial charge in [0.05, 0.1) is 16.8 Å². The second-order valence-corrected chi connectivity index (χ2v) is 17.2. The second-order valence-electron chi connectivity index (χ2n) is 17.2. The zero-order valence-electron chi connectivity index (χ0n) is 35.5. The molecule has 0 unspecified atom stereocenters. The van der Waals surface area contributed by atoms with E-state index in [0.717, 1.165) is 61.1 Å². The highest BCUT2D eigenvalue weighted by Crippen LogP contribution is 2.60. The number of hydrogen-bond acceptors (Lipinski definition) is 2. The Balaban J connectivity index is 1.08. The summed E-state index contributed by atoms with van der Waals surface area (Å²) in [5.41, 5.74) is 16.6. The van der Waals surface area contributed by atoms with Crippen molar-refractivity contribution in [3.05, 3.63) is 271 Å². The molecule has 1 aromatic heterocycles. The maximum atomic E-state index is 6.62. The number of furan rings is 1. The van der Waals surface area contributed by atoms with E-state index in [-0.39, 0.29) is 0 Å². The minimum absolute atomic E-state index is 0.542. The normalized spacial score (nSPS) is 12.7. The van der Waals surface area contributed by atoms with E-state index in [1.54, 1.807) is 0 Å². The van der Waals surface area contributed by atoms with Crippen molar-refractivity contribution < 1.29 is 4.42 Å². The number of fused-ring (bicyclic) bond motifs is 9. The van der Waals surface area contributed by atoms with Crippen LogP contribution in [0.1, 0.15) is 22.3 Å². The first-order valence-electron chi connectivity index (χ1n) is 22.4. The number of nitrogens with zero attached hydrogens (tertiary/aromatic N) is 1. The summed E-state index contributed by atoms with van der Waals surface area (Å²) < 4.78 is 6.62. The van der Waals surface area contributed by atoms with Gasteiger partial charge in [-0.1, -0.05) is 200 Å². The molecule has 2 heteroatoms. The lowest BCUT2D eigenvalue weighted by molar-refractivity contribution is 0.672. The van der Waals surface area contributed by atoms with Crippen LogP contribution in [0.3, 0.4) is 0 Å². The molecule has 0 amide bonds. The van der Waals surface area contributed by atoms with Gasteiger partial charge in [0.2, 0.25) is 0 Å². The standard InChI is InChI=1S/C63H41NO/c1-3-21-48(22-4-1)63(49-23-5-2-6-24-49)56-29-13-11-28-54(56)61-57(63)30-16-32-59(61)64(50-25-15-20-45(40-50)46-34-33-42-17-7-8-19-44(42)39-46)58-31-14-12-26-51(58)47-36-38-60-55(41-47)53-37-35-43-18-9-10-27-52(43)62(53)65-60/h1-41H. The topological polar surface area (TPSA) is 16.4 Å². The molecule has 1 aliphatic carbocycles. The van der Waals surface area contributed by atoms with Crippen molar-refractivity contribution in [3.63, 3.8) is 0 Å². The van der Waals surface area contributed by atoms with Gasteiger partial charge in [-0.3, -0.25) is 0 Å². The van der Waals surface area contributed by atoms with E-state index in [1.165, 1.54) is 55.1 Å². The van der Waals surface area contributed by atoms with Gasteiger partial charge >= 0.3 is 0 Å².